The van der Waals surface area contributed by atoms with E-state index >= 15 is 0 Å². The first kappa shape index (κ1) is 20.1. The second kappa shape index (κ2) is 9.05. The molecule has 2 aromatic rings. The van der Waals surface area contributed by atoms with Gasteiger partial charge in [-0.3, -0.25) is 0 Å². The third kappa shape index (κ3) is 5.22. The molecule has 0 unspecified atom stereocenters. The van der Waals surface area contributed by atoms with Crippen LogP contribution in [-0.4, -0.2) is 32.9 Å². The highest BCUT2D eigenvalue weighted by Gasteiger charge is 2.26. The van der Waals surface area contributed by atoms with Crippen molar-refractivity contribution in [3.05, 3.63) is 77.0 Å². The zero-order valence-electron chi connectivity index (χ0n) is 15.6. The largest absolute Gasteiger partial charge is 0.497 e. The summed E-state index contributed by atoms with van der Waals surface area (Å²) in [6, 6.07) is 13.8. The number of ether oxygens (including phenoxy) is 1. The molecule has 1 aliphatic rings. The molecule has 28 heavy (non-hydrogen) atoms. The Hall–Kier alpha value is -2.62. The van der Waals surface area contributed by atoms with Gasteiger partial charge < -0.3 is 4.74 Å². The number of benzene rings is 2. The van der Waals surface area contributed by atoms with Crippen LogP contribution in [0.4, 0.5) is 4.39 Å². The van der Waals surface area contributed by atoms with Crippen molar-refractivity contribution in [3.63, 3.8) is 0 Å². The van der Waals surface area contributed by atoms with Crippen LogP contribution in [0.1, 0.15) is 29.9 Å². The number of halogens is 1. The minimum absolute atomic E-state index is 0.342. The Kier molecular flexibility index (Phi) is 6.50. The normalized spacial score (nSPS) is 15.9. The van der Waals surface area contributed by atoms with E-state index in [0.717, 1.165) is 24.0 Å². The average molecular weight is 399 g/mol. The molecule has 0 radical (unpaired) electrons. The maximum absolute atomic E-state index is 13.1. The van der Waals surface area contributed by atoms with E-state index in [2.05, 4.69) is 11.8 Å². The van der Waals surface area contributed by atoms with Crippen LogP contribution in [0, 0.1) is 17.7 Å². The zero-order valence-corrected chi connectivity index (χ0v) is 16.5. The van der Waals surface area contributed by atoms with Gasteiger partial charge in [0.05, 0.1) is 12.5 Å². The van der Waals surface area contributed by atoms with Crippen LogP contribution in [0.15, 0.2) is 60.0 Å². The third-order valence-electron chi connectivity index (χ3n) is 4.77. The van der Waals surface area contributed by atoms with Gasteiger partial charge in [0.2, 0.25) is 10.0 Å². The van der Waals surface area contributed by atoms with Crippen LogP contribution in [0.5, 0.6) is 5.75 Å². The molecule has 0 amide bonds. The van der Waals surface area contributed by atoms with E-state index in [4.69, 9.17) is 4.74 Å². The lowest BCUT2D eigenvalue weighted by Gasteiger charge is -2.30. The number of piperidine rings is 1. The molecule has 0 spiro atoms. The summed E-state index contributed by atoms with van der Waals surface area (Å²) in [6.07, 6.45) is 2.85. The molecular weight excluding hydrogens is 377 g/mol. The van der Waals surface area contributed by atoms with Gasteiger partial charge in [-0.05, 0) is 54.7 Å². The minimum Gasteiger partial charge on any atom is -0.497 e. The summed E-state index contributed by atoms with van der Waals surface area (Å²) in [6.45, 7) is 0.946. The topological polar surface area (TPSA) is 46.6 Å². The van der Waals surface area contributed by atoms with E-state index in [1.54, 1.807) is 19.2 Å². The summed E-state index contributed by atoms with van der Waals surface area (Å²) in [7, 11) is -1.87. The number of nitrogens with zero attached hydrogens (tertiary/aromatic N) is 1. The molecule has 0 atom stereocenters. The zero-order chi connectivity index (χ0) is 20.0. The third-order valence-corrected chi connectivity index (χ3v) is 6.33. The van der Waals surface area contributed by atoms with Gasteiger partial charge in [-0.15, -0.1) is 0 Å². The fourth-order valence-electron chi connectivity index (χ4n) is 3.22. The smallest absolute Gasteiger partial charge is 0.236 e. The predicted molar refractivity (Wildman–Crippen MR) is 108 cm³/mol. The number of allylic oxidation sites excluding steroid dienone is 1. The summed E-state index contributed by atoms with van der Waals surface area (Å²) in [5, 5.41) is 1.12. The monoisotopic (exact) mass is 399 g/mol. The van der Waals surface area contributed by atoms with Crippen molar-refractivity contribution in [3.8, 4) is 17.6 Å². The van der Waals surface area contributed by atoms with Gasteiger partial charge in [-0.1, -0.05) is 30.0 Å². The van der Waals surface area contributed by atoms with Gasteiger partial charge in [0.25, 0.3) is 0 Å². The average Bonchev–Trinajstić information content (AvgIpc) is 2.71. The predicted octanol–water partition coefficient (Wildman–Crippen LogP) is 3.91. The van der Waals surface area contributed by atoms with Crippen LogP contribution < -0.4 is 4.74 Å². The van der Waals surface area contributed by atoms with Gasteiger partial charge >= 0.3 is 0 Å². The molecule has 2 aromatic carbocycles. The van der Waals surface area contributed by atoms with E-state index < -0.39 is 10.0 Å². The van der Waals surface area contributed by atoms with Crippen molar-refractivity contribution in [2.75, 3.05) is 20.2 Å². The summed E-state index contributed by atoms with van der Waals surface area (Å²) in [4.78, 5) is 0. The van der Waals surface area contributed by atoms with Crippen molar-refractivity contribution in [1.82, 2.24) is 4.31 Å². The van der Waals surface area contributed by atoms with Crippen LogP contribution in [-0.2, 0) is 10.0 Å². The van der Waals surface area contributed by atoms with Gasteiger partial charge in [-0.25, -0.2) is 12.8 Å². The van der Waals surface area contributed by atoms with Crippen LogP contribution >= 0.6 is 0 Å². The van der Waals surface area contributed by atoms with Gasteiger partial charge in [0, 0.05) is 24.7 Å². The molecule has 0 aromatic heterocycles. The van der Waals surface area contributed by atoms with Crippen molar-refractivity contribution < 1.29 is 17.5 Å². The lowest BCUT2D eigenvalue weighted by atomic mass is 9.90. The lowest BCUT2D eigenvalue weighted by Crippen LogP contribution is -2.36. The second-order valence-electron chi connectivity index (χ2n) is 6.57. The first-order valence-electron chi connectivity index (χ1n) is 9.06. The fourth-order valence-corrected chi connectivity index (χ4v) is 4.35. The number of methoxy groups -OCH3 is 1. The molecule has 0 aliphatic carbocycles. The SMILES string of the molecule is COc1ccc(C2CCN(S(=O)(=O)/C=C/C#Cc3cccc(F)c3)CC2)cc1. The molecule has 6 heteroatoms. The van der Waals surface area contributed by atoms with Crippen LogP contribution in [0.3, 0.4) is 0 Å². The highest BCUT2D eigenvalue weighted by Crippen LogP contribution is 2.30. The number of rotatable bonds is 4. The Labute approximate surface area is 165 Å². The Morgan fingerprint density at radius 2 is 1.86 bits per heavy atom. The molecule has 4 nitrogen and oxygen atoms in total. The second-order valence-corrected chi connectivity index (χ2v) is 8.39. The molecule has 146 valence electrons. The molecule has 0 bridgehead atoms. The number of hydrogen-bond donors (Lipinski definition) is 0. The van der Waals surface area contributed by atoms with Crippen molar-refractivity contribution in [2.24, 2.45) is 0 Å². The minimum atomic E-state index is -3.51. The molecule has 0 N–H and O–H groups in total. The first-order valence-corrected chi connectivity index (χ1v) is 10.6. The molecule has 1 saturated heterocycles. The number of hydrogen-bond acceptors (Lipinski definition) is 3. The highest BCUT2D eigenvalue weighted by molar-refractivity contribution is 7.92. The Bertz CT molecular complexity index is 996. The van der Waals surface area contributed by atoms with E-state index in [1.165, 1.54) is 28.1 Å². The van der Waals surface area contributed by atoms with E-state index in [0.29, 0.717) is 24.6 Å². The van der Waals surface area contributed by atoms with Crippen LogP contribution in [0.2, 0.25) is 0 Å². The van der Waals surface area contributed by atoms with Crippen LogP contribution in [0.25, 0.3) is 0 Å². The first-order chi connectivity index (χ1) is 13.5. The Balaban J connectivity index is 1.58. The van der Waals surface area contributed by atoms with Gasteiger partial charge in [0.1, 0.15) is 11.6 Å². The Morgan fingerprint density at radius 1 is 1.14 bits per heavy atom. The van der Waals surface area contributed by atoms with Gasteiger partial charge in [-0.2, -0.15) is 4.31 Å². The van der Waals surface area contributed by atoms with E-state index in [1.807, 2.05) is 24.3 Å². The molecular formula is C22H22FNO3S. The summed E-state index contributed by atoms with van der Waals surface area (Å²) in [5.74, 6) is 6.17. The molecule has 3 rings (SSSR count). The molecule has 1 aliphatic heterocycles. The lowest BCUT2D eigenvalue weighted by molar-refractivity contribution is 0.322. The molecule has 1 heterocycles. The fraction of sp³-hybridized carbons (Fsp3) is 0.273. The van der Waals surface area contributed by atoms with Gasteiger partial charge in [0.15, 0.2) is 0 Å². The standard InChI is InChI=1S/C22H22FNO3S/c1-27-22-10-8-19(9-11-22)20-12-14-24(15-13-20)28(25,26)16-3-2-5-18-6-4-7-21(23)17-18/h3-4,6-11,16-17,20H,12-15H2,1H3/b16-3+. The maximum Gasteiger partial charge on any atom is 0.236 e. The van der Waals surface area contributed by atoms with E-state index in [9.17, 15) is 12.8 Å². The quantitative estimate of drug-likeness (QED) is 0.733. The van der Waals surface area contributed by atoms with Crippen molar-refractivity contribution in [1.29, 1.82) is 0 Å². The number of sulfonamides is 1. The van der Waals surface area contributed by atoms with E-state index in [-0.39, 0.29) is 5.82 Å². The summed E-state index contributed by atoms with van der Waals surface area (Å²) in [5.41, 5.74) is 1.71. The van der Waals surface area contributed by atoms with Crippen molar-refractivity contribution in [2.45, 2.75) is 18.8 Å². The molecule has 0 saturated carbocycles. The summed E-state index contributed by atoms with van der Waals surface area (Å²) < 4.78 is 44.7. The Morgan fingerprint density at radius 3 is 2.50 bits per heavy atom. The van der Waals surface area contributed by atoms with Crippen molar-refractivity contribution >= 4 is 10.0 Å². The summed E-state index contributed by atoms with van der Waals surface area (Å²) >= 11 is 0. The molecule has 1 fully saturated rings. The maximum atomic E-state index is 13.1. The highest BCUT2D eigenvalue weighted by atomic mass is 32.2.